The molecule has 1 N–H and O–H groups in total. The Morgan fingerprint density at radius 3 is 2.63 bits per heavy atom. The van der Waals surface area contributed by atoms with Crippen LogP contribution in [0.15, 0.2) is 22.7 Å². The standard InChI is InChI=1S/C13H13BrFN3O/c1-7-12(16-3)17-8(2)18-13(7)19-9-4-5-10(14)11(15)6-9/h4-6H,1-3H3,(H,16,17,18). The zero-order chi connectivity index (χ0) is 14.0. The van der Waals surface area contributed by atoms with Crippen LogP contribution in [0.4, 0.5) is 10.2 Å². The molecule has 4 nitrogen and oxygen atoms in total. The SMILES string of the molecule is CNc1nc(C)nc(Oc2ccc(Br)c(F)c2)c1C. The van der Waals surface area contributed by atoms with Gasteiger partial charge in [-0.2, -0.15) is 4.98 Å². The molecular weight excluding hydrogens is 313 g/mol. The maximum atomic E-state index is 13.4. The summed E-state index contributed by atoms with van der Waals surface area (Å²) in [4.78, 5) is 8.46. The topological polar surface area (TPSA) is 47.0 Å². The van der Waals surface area contributed by atoms with E-state index in [0.717, 1.165) is 5.56 Å². The third-order valence-corrected chi connectivity index (χ3v) is 3.20. The van der Waals surface area contributed by atoms with Crippen LogP contribution in [-0.2, 0) is 0 Å². The van der Waals surface area contributed by atoms with Gasteiger partial charge in [0.05, 0.1) is 10.0 Å². The molecule has 0 aliphatic heterocycles. The van der Waals surface area contributed by atoms with E-state index in [1.165, 1.54) is 6.07 Å². The minimum absolute atomic E-state index is 0.380. The van der Waals surface area contributed by atoms with Crippen molar-refractivity contribution >= 4 is 21.7 Å². The summed E-state index contributed by atoms with van der Waals surface area (Å²) in [5.74, 6) is 1.71. The summed E-state index contributed by atoms with van der Waals surface area (Å²) in [5.41, 5.74) is 0.774. The molecule has 19 heavy (non-hydrogen) atoms. The van der Waals surface area contributed by atoms with E-state index in [9.17, 15) is 4.39 Å². The highest BCUT2D eigenvalue weighted by atomic mass is 79.9. The molecule has 0 bridgehead atoms. The molecule has 2 aromatic rings. The Kier molecular flexibility index (Phi) is 3.99. The second-order valence-corrected chi connectivity index (χ2v) is 4.83. The lowest BCUT2D eigenvalue weighted by molar-refractivity contribution is 0.451. The lowest BCUT2D eigenvalue weighted by atomic mass is 10.3. The number of nitrogens with zero attached hydrogens (tertiary/aromatic N) is 2. The van der Waals surface area contributed by atoms with Gasteiger partial charge in [-0.3, -0.25) is 0 Å². The van der Waals surface area contributed by atoms with Crippen LogP contribution >= 0.6 is 15.9 Å². The van der Waals surface area contributed by atoms with Crippen molar-refractivity contribution in [1.82, 2.24) is 9.97 Å². The van der Waals surface area contributed by atoms with E-state index in [2.05, 4.69) is 31.2 Å². The van der Waals surface area contributed by atoms with E-state index in [4.69, 9.17) is 4.74 Å². The second kappa shape index (κ2) is 5.52. The molecule has 0 radical (unpaired) electrons. The fourth-order valence-electron chi connectivity index (χ4n) is 1.60. The number of benzene rings is 1. The Hall–Kier alpha value is -1.69. The summed E-state index contributed by atoms with van der Waals surface area (Å²) in [7, 11) is 1.78. The van der Waals surface area contributed by atoms with Gasteiger partial charge in [-0.1, -0.05) is 0 Å². The van der Waals surface area contributed by atoms with Crippen molar-refractivity contribution in [1.29, 1.82) is 0 Å². The van der Waals surface area contributed by atoms with Gasteiger partial charge < -0.3 is 10.1 Å². The molecule has 0 saturated carbocycles. The molecule has 0 amide bonds. The van der Waals surface area contributed by atoms with Crippen LogP contribution in [0.1, 0.15) is 11.4 Å². The number of aryl methyl sites for hydroxylation is 1. The van der Waals surface area contributed by atoms with Crippen LogP contribution in [0.25, 0.3) is 0 Å². The molecule has 0 aliphatic carbocycles. The van der Waals surface area contributed by atoms with Gasteiger partial charge in [0.25, 0.3) is 0 Å². The molecule has 0 aliphatic rings. The first-order valence-corrected chi connectivity index (χ1v) is 6.46. The van der Waals surface area contributed by atoms with Crippen LogP contribution in [0, 0.1) is 19.7 Å². The molecular formula is C13H13BrFN3O. The van der Waals surface area contributed by atoms with Crippen LogP contribution in [0.3, 0.4) is 0 Å². The molecule has 0 saturated heterocycles. The second-order valence-electron chi connectivity index (χ2n) is 3.98. The average molecular weight is 326 g/mol. The number of nitrogens with one attached hydrogen (secondary N) is 1. The van der Waals surface area contributed by atoms with Gasteiger partial charge in [0, 0.05) is 13.1 Å². The summed E-state index contributed by atoms with van der Waals surface area (Å²) < 4.78 is 19.4. The summed E-state index contributed by atoms with van der Waals surface area (Å²) in [5, 5.41) is 2.97. The van der Waals surface area contributed by atoms with Crippen molar-refractivity contribution in [2.75, 3.05) is 12.4 Å². The van der Waals surface area contributed by atoms with Crippen LogP contribution < -0.4 is 10.1 Å². The Balaban J connectivity index is 2.37. The Labute approximate surface area is 119 Å². The number of ether oxygens (including phenoxy) is 1. The number of rotatable bonds is 3. The van der Waals surface area contributed by atoms with Gasteiger partial charge in [-0.25, -0.2) is 9.37 Å². The zero-order valence-corrected chi connectivity index (χ0v) is 12.4. The van der Waals surface area contributed by atoms with Gasteiger partial charge in [0.15, 0.2) is 0 Å². The minimum atomic E-state index is -0.380. The van der Waals surface area contributed by atoms with Gasteiger partial charge >= 0.3 is 0 Å². The molecule has 1 heterocycles. The first-order chi connectivity index (χ1) is 9.01. The maximum absolute atomic E-state index is 13.4. The predicted octanol–water partition coefficient (Wildman–Crippen LogP) is 3.83. The van der Waals surface area contributed by atoms with Gasteiger partial charge in [0.2, 0.25) is 5.88 Å². The molecule has 6 heteroatoms. The Bertz CT molecular complexity index is 619. The Morgan fingerprint density at radius 2 is 2.00 bits per heavy atom. The first-order valence-electron chi connectivity index (χ1n) is 5.67. The van der Waals surface area contributed by atoms with Crippen molar-refractivity contribution in [3.63, 3.8) is 0 Å². The highest BCUT2D eigenvalue weighted by molar-refractivity contribution is 9.10. The highest BCUT2D eigenvalue weighted by Gasteiger charge is 2.11. The number of halogens is 2. The van der Waals surface area contributed by atoms with Crippen molar-refractivity contribution < 1.29 is 9.13 Å². The van der Waals surface area contributed by atoms with Crippen molar-refractivity contribution in [3.8, 4) is 11.6 Å². The van der Waals surface area contributed by atoms with Crippen molar-refractivity contribution in [2.45, 2.75) is 13.8 Å². The van der Waals surface area contributed by atoms with E-state index in [0.29, 0.717) is 27.7 Å². The zero-order valence-electron chi connectivity index (χ0n) is 10.8. The molecule has 1 aromatic carbocycles. The smallest absolute Gasteiger partial charge is 0.227 e. The summed E-state index contributed by atoms with van der Waals surface area (Å²) in [6.07, 6.45) is 0. The summed E-state index contributed by atoms with van der Waals surface area (Å²) in [6.45, 7) is 3.62. The van der Waals surface area contributed by atoms with Gasteiger partial charge in [0.1, 0.15) is 23.2 Å². The third kappa shape index (κ3) is 3.01. The van der Waals surface area contributed by atoms with Crippen LogP contribution in [0.2, 0.25) is 0 Å². The van der Waals surface area contributed by atoms with Crippen molar-refractivity contribution in [2.24, 2.45) is 0 Å². The van der Waals surface area contributed by atoms with E-state index >= 15 is 0 Å². The molecule has 0 fully saturated rings. The van der Waals surface area contributed by atoms with E-state index in [1.54, 1.807) is 26.1 Å². The molecule has 100 valence electrons. The van der Waals surface area contributed by atoms with E-state index < -0.39 is 0 Å². The van der Waals surface area contributed by atoms with Gasteiger partial charge in [-0.15, -0.1) is 0 Å². The molecule has 0 unspecified atom stereocenters. The van der Waals surface area contributed by atoms with Crippen LogP contribution in [0.5, 0.6) is 11.6 Å². The lowest BCUT2D eigenvalue weighted by Crippen LogP contribution is -2.03. The number of hydrogen-bond donors (Lipinski definition) is 1. The lowest BCUT2D eigenvalue weighted by Gasteiger charge is -2.11. The largest absolute Gasteiger partial charge is 0.438 e. The quantitative estimate of drug-likeness (QED) is 0.931. The first kappa shape index (κ1) is 13.7. The molecule has 0 atom stereocenters. The monoisotopic (exact) mass is 325 g/mol. The van der Waals surface area contributed by atoms with E-state index in [1.807, 2.05) is 6.92 Å². The third-order valence-electron chi connectivity index (χ3n) is 2.56. The summed E-state index contributed by atoms with van der Waals surface area (Å²) >= 11 is 3.10. The normalized spacial score (nSPS) is 10.4. The molecule has 1 aromatic heterocycles. The number of hydrogen-bond acceptors (Lipinski definition) is 4. The average Bonchev–Trinajstić information content (AvgIpc) is 2.37. The molecule has 0 spiro atoms. The predicted molar refractivity (Wildman–Crippen MR) is 75.2 cm³/mol. The fraction of sp³-hybridized carbons (Fsp3) is 0.231. The highest BCUT2D eigenvalue weighted by Crippen LogP contribution is 2.28. The number of aromatic nitrogens is 2. The summed E-state index contributed by atoms with van der Waals surface area (Å²) in [6, 6.07) is 4.57. The fourth-order valence-corrected chi connectivity index (χ4v) is 1.84. The maximum Gasteiger partial charge on any atom is 0.227 e. The minimum Gasteiger partial charge on any atom is -0.438 e. The van der Waals surface area contributed by atoms with Gasteiger partial charge in [-0.05, 0) is 41.9 Å². The number of anilines is 1. The van der Waals surface area contributed by atoms with Crippen molar-refractivity contribution in [3.05, 3.63) is 39.9 Å². The molecule has 2 rings (SSSR count). The Morgan fingerprint density at radius 1 is 1.26 bits per heavy atom. The van der Waals surface area contributed by atoms with Crippen LogP contribution in [-0.4, -0.2) is 17.0 Å². The van der Waals surface area contributed by atoms with E-state index in [-0.39, 0.29) is 5.82 Å².